The molecule has 2 aromatic heterocycles. The fraction of sp³-hybridized carbons (Fsp3) is 0.471. The van der Waals surface area contributed by atoms with Gasteiger partial charge in [0.1, 0.15) is 5.69 Å². The second-order valence-corrected chi connectivity index (χ2v) is 6.05. The molecule has 0 bridgehead atoms. The Balaban J connectivity index is 1.71. The third-order valence-electron chi connectivity index (χ3n) is 4.56. The maximum atomic E-state index is 12.7. The zero-order chi connectivity index (χ0) is 16.2. The molecule has 0 spiro atoms. The first-order chi connectivity index (χ1) is 11.2. The summed E-state index contributed by atoms with van der Waals surface area (Å²) in [6.07, 6.45) is 7.65. The number of amides is 1. The average Bonchev–Trinajstić information content (AvgIpc) is 3.11. The molecule has 1 N–H and O–H groups in total. The molecule has 0 aromatic carbocycles. The van der Waals surface area contributed by atoms with Gasteiger partial charge in [-0.1, -0.05) is 0 Å². The Morgan fingerprint density at radius 3 is 2.87 bits per heavy atom. The summed E-state index contributed by atoms with van der Waals surface area (Å²) < 4.78 is 1.92. The van der Waals surface area contributed by atoms with Gasteiger partial charge in [0.25, 0.3) is 5.91 Å². The number of hydrogen-bond acceptors (Lipinski definition) is 4. The molecule has 2 atom stereocenters. The van der Waals surface area contributed by atoms with E-state index in [9.17, 15) is 4.79 Å². The smallest absolute Gasteiger partial charge is 0.274 e. The molecular weight excluding hydrogens is 290 g/mol. The first kappa shape index (κ1) is 15.7. The number of piperidine rings is 1. The summed E-state index contributed by atoms with van der Waals surface area (Å²) in [5.74, 6) is -0.0585. The van der Waals surface area contributed by atoms with Crippen LogP contribution < -0.4 is 5.32 Å². The normalized spacial score (nSPS) is 19.3. The maximum absolute atomic E-state index is 12.7. The third-order valence-corrected chi connectivity index (χ3v) is 4.56. The van der Waals surface area contributed by atoms with Crippen molar-refractivity contribution in [2.24, 2.45) is 0 Å². The molecule has 6 heteroatoms. The van der Waals surface area contributed by atoms with Crippen LogP contribution in [0.1, 0.15) is 47.9 Å². The largest absolute Gasteiger partial charge is 0.334 e. The van der Waals surface area contributed by atoms with E-state index in [1.807, 2.05) is 43.0 Å². The highest BCUT2D eigenvalue weighted by molar-refractivity contribution is 5.92. The monoisotopic (exact) mass is 313 g/mol. The van der Waals surface area contributed by atoms with Crippen molar-refractivity contribution in [2.45, 2.75) is 31.8 Å². The van der Waals surface area contributed by atoms with Crippen LogP contribution in [0, 0.1) is 0 Å². The topological polar surface area (TPSA) is 63.1 Å². The second-order valence-electron chi connectivity index (χ2n) is 6.05. The molecule has 0 aliphatic carbocycles. The van der Waals surface area contributed by atoms with Crippen LogP contribution in [0.25, 0.3) is 0 Å². The minimum atomic E-state index is -0.0585. The number of nitrogens with zero attached hydrogens (tertiary/aromatic N) is 4. The van der Waals surface area contributed by atoms with Crippen molar-refractivity contribution in [1.82, 2.24) is 25.0 Å². The van der Waals surface area contributed by atoms with Crippen molar-refractivity contribution < 1.29 is 4.79 Å². The number of carbonyl (C=O) groups excluding carboxylic acids is 1. The molecule has 1 fully saturated rings. The van der Waals surface area contributed by atoms with Gasteiger partial charge in [0.2, 0.25) is 0 Å². The Labute approximate surface area is 136 Å². The van der Waals surface area contributed by atoms with E-state index in [0.29, 0.717) is 11.7 Å². The minimum absolute atomic E-state index is 0.0213. The predicted molar refractivity (Wildman–Crippen MR) is 88.1 cm³/mol. The van der Waals surface area contributed by atoms with Crippen LogP contribution in [0.15, 0.2) is 36.8 Å². The third kappa shape index (κ3) is 3.42. The average molecular weight is 313 g/mol. The van der Waals surface area contributed by atoms with Gasteiger partial charge >= 0.3 is 0 Å². The number of hydrogen-bond donors (Lipinski definition) is 1. The van der Waals surface area contributed by atoms with Crippen molar-refractivity contribution >= 4 is 5.91 Å². The van der Waals surface area contributed by atoms with E-state index in [2.05, 4.69) is 15.4 Å². The molecule has 2 aromatic rings. The fourth-order valence-electron chi connectivity index (χ4n) is 2.94. The van der Waals surface area contributed by atoms with E-state index in [1.165, 1.54) is 0 Å². The van der Waals surface area contributed by atoms with Crippen LogP contribution in [0.3, 0.4) is 0 Å². The Morgan fingerprint density at radius 2 is 2.17 bits per heavy atom. The van der Waals surface area contributed by atoms with Crippen LogP contribution >= 0.6 is 0 Å². The number of carbonyl (C=O) groups is 1. The zero-order valence-corrected chi connectivity index (χ0v) is 13.6. The van der Waals surface area contributed by atoms with E-state index in [1.54, 1.807) is 17.3 Å². The summed E-state index contributed by atoms with van der Waals surface area (Å²) in [7, 11) is 1.81. The van der Waals surface area contributed by atoms with Crippen LogP contribution in [-0.4, -0.2) is 45.7 Å². The summed E-state index contributed by atoms with van der Waals surface area (Å²) in [6.45, 7) is 3.99. The predicted octanol–water partition coefficient (Wildman–Crippen LogP) is 2.04. The second kappa shape index (κ2) is 6.91. The number of pyridine rings is 1. The Kier molecular flexibility index (Phi) is 4.71. The number of rotatable bonds is 4. The van der Waals surface area contributed by atoms with Crippen molar-refractivity contribution in [3.05, 3.63) is 48.0 Å². The molecule has 23 heavy (non-hydrogen) atoms. The molecular formula is C17H23N5O. The Hall–Kier alpha value is -2.21. The summed E-state index contributed by atoms with van der Waals surface area (Å²) in [5, 5.41) is 7.88. The Morgan fingerprint density at radius 1 is 1.39 bits per heavy atom. The zero-order valence-electron chi connectivity index (χ0n) is 13.6. The molecule has 0 radical (unpaired) electrons. The van der Waals surface area contributed by atoms with E-state index >= 15 is 0 Å². The Bertz CT molecular complexity index is 648. The van der Waals surface area contributed by atoms with Crippen LogP contribution in [0.5, 0.6) is 0 Å². The molecule has 122 valence electrons. The van der Waals surface area contributed by atoms with Gasteiger partial charge in [-0.3, -0.25) is 14.5 Å². The lowest BCUT2D eigenvalue weighted by molar-refractivity contribution is 0.0735. The SMILES string of the molecule is CC(c1ccncc1)N(C)C(=O)c1ccn(C2CCCNC2)n1. The van der Waals surface area contributed by atoms with Gasteiger partial charge in [0, 0.05) is 32.2 Å². The van der Waals surface area contributed by atoms with Gasteiger partial charge in [0.15, 0.2) is 0 Å². The van der Waals surface area contributed by atoms with Crippen molar-refractivity contribution in [3.8, 4) is 0 Å². The van der Waals surface area contributed by atoms with Crippen molar-refractivity contribution in [1.29, 1.82) is 0 Å². The number of aromatic nitrogens is 3. The highest BCUT2D eigenvalue weighted by Crippen LogP contribution is 2.20. The lowest BCUT2D eigenvalue weighted by Crippen LogP contribution is -2.33. The summed E-state index contributed by atoms with van der Waals surface area (Å²) in [5.41, 5.74) is 1.56. The van der Waals surface area contributed by atoms with Crippen LogP contribution in [-0.2, 0) is 0 Å². The van der Waals surface area contributed by atoms with Gasteiger partial charge in [-0.25, -0.2) is 0 Å². The number of nitrogens with one attached hydrogen (secondary N) is 1. The summed E-state index contributed by atoms with van der Waals surface area (Å²) in [6, 6.07) is 5.99. The molecule has 1 amide bonds. The van der Waals surface area contributed by atoms with Gasteiger partial charge in [-0.05, 0) is 50.1 Å². The lowest BCUT2D eigenvalue weighted by atomic mass is 10.1. The van der Waals surface area contributed by atoms with Gasteiger partial charge in [0.05, 0.1) is 12.1 Å². The quantitative estimate of drug-likeness (QED) is 0.938. The summed E-state index contributed by atoms with van der Waals surface area (Å²) >= 11 is 0. The highest BCUT2D eigenvalue weighted by atomic mass is 16.2. The lowest BCUT2D eigenvalue weighted by Gasteiger charge is -2.25. The van der Waals surface area contributed by atoms with E-state index < -0.39 is 0 Å². The van der Waals surface area contributed by atoms with Gasteiger partial charge in [-0.15, -0.1) is 0 Å². The molecule has 1 saturated heterocycles. The fourth-order valence-corrected chi connectivity index (χ4v) is 2.94. The molecule has 1 aliphatic heterocycles. The van der Waals surface area contributed by atoms with E-state index in [4.69, 9.17) is 0 Å². The molecule has 3 heterocycles. The standard InChI is InChI=1S/C17H23N5O/c1-13(14-5-9-18-10-6-14)21(2)17(23)16-7-11-22(20-16)15-4-3-8-19-12-15/h5-7,9-11,13,15,19H,3-4,8,12H2,1-2H3. The molecule has 3 rings (SSSR count). The van der Waals surface area contributed by atoms with E-state index in [0.717, 1.165) is 31.5 Å². The van der Waals surface area contributed by atoms with Crippen LogP contribution in [0.4, 0.5) is 0 Å². The summed E-state index contributed by atoms with van der Waals surface area (Å²) in [4.78, 5) is 18.4. The first-order valence-corrected chi connectivity index (χ1v) is 8.10. The molecule has 2 unspecified atom stereocenters. The van der Waals surface area contributed by atoms with Gasteiger partial charge in [-0.2, -0.15) is 5.10 Å². The molecule has 1 aliphatic rings. The molecule has 0 saturated carbocycles. The van der Waals surface area contributed by atoms with Crippen molar-refractivity contribution in [2.75, 3.05) is 20.1 Å². The first-order valence-electron chi connectivity index (χ1n) is 8.10. The van der Waals surface area contributed by atoms with Gasteiger partial charge < -0.3 is 10.2 Å². The molecule has 6 nitrogen and oxygen atoms in total. The van der Waals surface area contributed by atoms with Crippen molar-refractivity contribution in [3.63, 3.8) is 0 Å². The van der Waals surface area contributed by atoms with E-state index in [-0.39, 0.29) is 11.9 Å². The van der Waals surface area contributed by atoms with Crippen LogP contribution in [0.2, 0.25) is 0 Å². The highest BCUT2D eigenvalue weighted by Gasteiger charge is 2.22. The minimum Gasteiger partial charge on any atom is -0.334 e. The maximum Gasteiger partial charge on any atom is 0.274 e.